The zero-order chi connectivity index (χ0) is 16.3. The Hall–Kier alpha value is -2.29. The Morgan fingerprint density at radius 1 is 1.18 bits per heavy atom. The van der Waals surface area contributed by atoms with E-state index in [-0.39, 0.29) is 5.97 Å². The van der Waals surface area contributed by atoms with Crippen molar-refractivity contribution in [1.82, 2.24) is 4.57 Å². The largest absolute Gasteiger partial charge is 0.463 e. The summed E-state index contributed by atoms with van der Waals surface area (Å²) >= 11 is 0. The van der Waals surface area contributed by atoms with Crippen molar-refractivity contribution in [2.24, 2.45) is 7.05 Å². The van der Waals surface area contributed by atoms with Crippen LogP contribution < -0.4 is 0 Å². The number of hydrogen-bond donors (Lipinski definition) is 0. The second-order valence-corrected chi connectivity index (χ2v) is 5.62. The first-order valence-corrected chi connectivity index (χ1v) is 7.51. The third-order valence-corrected chi connectivity index (χ3v) is 3.69. The van der Waals surface area contributed by atoms with Crippen LogP contribution >= 0.6 is 0 Å². The number of rotatable bonds is 4. The van der Waals surface area contributed by atoms with Crippen LogP contribution in [-0.2, 0) is 16.6 Å². The topological polar surface area (TPSA) is 31.2 Å². The molecule has 0 fully saturated rings. The molecule has 2 aromatic rings. The van der Waals surface area contributed by atoms with Crippen molar-refractivity contribution in [3.8, 4) is 11.1 Å². The minimum absolute atomic E-state index is 0.312. The van der Waals surface area contributed by atoms with E-state index in [1.165, 1.54) is 33.9 Å². The van der Waals surface area contributed by atoms with Crippen LogP contribution in [0.1, 0.15) is 29.3 Å². The Kier molecular flexibility index (Phi) is 4.86. The Morgan fingerprint density at radius 2 is 1.82 bits per heavy atom. The van der Waals surface area contributed by atoms with Crippen molar-refractivity contribution in [2.45, 2.75) is 27.7 Å². The molecule has 3 nitrogen and oxygen atoms in total. The number of carbonyl (C=O) groups is 1. The number of aromatic nitrogens is 1. The molecule has 22 heavy (non-hydrogen) atoms. The Balaban J connectivity index is 2.36. The molecule has 0 unspecified atom stereocenters. The summed E-state index contributed by atoms with van der Waals surface area (Å²) in [5.41, 5.74) is 7.21. The molecule has 1 heterocycles. The molecule has 0 radical (unpaired) electrons. The SMILES string of the molecule is CCOC(=O)/C=C/c1cc(-c2c(C)cc(C)cc2C)cn1C. The minimum Gasteiger partial charge on any atom is -0.463 e. The zero-order valence-corrected chi connectivity index (χ0v) is 13.9. The molecule has 0 aliphatic heterocycles. The standard InChI is InChI=1S/C19H23NO2/c1-6-22-18(21)8-7-17-11-16(12-20(17)5)19-14(3)9-13(2)10-15(19)4/h7-12H,6H2,1-5H3/b8-7+. The second kappa shape index (κ2) is 6.65. The van der Waals surface area contributed by atoms with Gasteiger partial charge >= 0.3 is 5.97 Å². The molecule has 2 rings (SSSR count). The summed E-state index contributed by atoms with van der Waals surface area (Å²) in [6, 6.07) is 6.49. The van der Waals surface area contributed by atoms with Gasteiger partial charge < -0.3 is 9.30 Å². The molecule has 0 aliphatic rings. The summed E-state index contributed by atoms with van der Waals surface area (Å²) in [6.07, 6.45) is 5.35. The van der Waals surface area contributed by atoms with Crippen LogP contribution in [0.2, 0.25) is 0 Å². The highest BCUT2D eigenvalue weighted by atomic mass is 16.5. The smallest absolute Gasteiger partial charge is 0.330 e. The fourth-order valence-electron chi connectivity index (χ4n) is 2.86. The van der Waals surface area contributed by atoms with Gasteiger partial charge in [0, 0.05) is 30.6 Å². The summed E-state index contributed by atoms with van der Waals surface area (Å²) in [7, 11) is 1.98. The zero-order valence-electron chi connectivity index (χ0n) is 13.9. The molecule has 0 saturated carbocycles. The van der Waals surface area contributed by atoms with E-state index in [0.29, 0.717) is 6.61 Å². The molecule has 116 valence electrons. The first-order chi connectivity index (χ1) is 10.4. The first kappa shape index (κ1) is 16.1. The summed E-state index contributed by atoms with van der Waals surface area (Å²) in [5, 5.41) is 0. The van der Waals surface area contributed by atoms with Gasteiger partial charge in [-0.25, -0.2) is 4.79 Å². The van der Waals surface area contributed by atoms with Crippen molar-refractivity contribution >= 4 is 12.0 Å². The normalized spacial score (nSPS) is 11.1. The van der Waals surface area contributed by atoms with Crippen LogP contribution in [0.3, 0.4) is 0 Å². The lowest BCUT2D eigenvalue weighted by molar-refractivity contribution is -0.137. The van der Waals surface area contributed by atoms with Crippen LogP contribution in [-0.4, -0.2) is 17.1 Å². The van der Waals surface area contributed by atoms with E-state index in [9.17, 15) is 4.79 Å². The predicted molar refractivity (Wildman–Crippen MR) is 90.7 cm³/mol. The lowest BCUT2D eigenvalue weighted by Gasteiger charge is -2.09. The first-order valence-electron chi connectivity index (χ1n) is 7.51. The molecule has 0 saturated heterocycles. The third-order valence-electron chi connectivity index (χ3n) is 3.69. The van der Waals surface area contributed by atoms with Crippen LogP contribution in [0.15, 0.2) is 30.5 Å². The van der Waals surface area contributed by atoms with Crippen LogP contribution in [0.25, 0.3) is 17.2 Å². The van der Waals surface area contributed by atoms with Gasteiger partial charge in [-0.3, -0.25) is 0 Å². The van der Waals surface area contributed by atoms with Gasteiger partial charge in [0.15, 0.2) is 0 Å². The van der Waals surface area contributed by atoms with Gasteiger partial charge in [0.1, 0.15) is 0 Å². The van der Waals surface area contributed by atoms with E-state index >= 15 is 0 Å². The molecule has 1 aromatic carbocycles. The molecular formula is C19H23NO2. The van der Waals surface area contributed by atoms with Crippen molar-refractivity contribution in [2.75, 3.05) is 6.61 Å². The predicted octanol–water partition coefficient (Wildman–Crippen LogP) is 4.19. The Morgan fingerprint density at radius 3 is 2.41 bits per heavy atom. The highest BCUT2D eigenvalue weighted by Crippen LogP contribution is 2.30. The highest BCUT2D eigenvalue weighted by molar-refractivity contribution is 5.87. The molecule has 0 spiro atoms. The fourth-order valence-corrected chi connectivity index (χ4v) is 2.86. The van der Waals surface area contributed by atoms with E-state index < -0.39 is 0 Å². The van der Waals surface area contributed by atoms with Gasteiger partial charge in [0.05, 0.1) is 6.61 Å². The summed E-state index contributed by atoms with van der Waals surface area (Å²) in [4.78, 5) is 11.4. The average molecular weight is 297 g/mol. The number of aryl methyl sites for hydroxylation is 4. The van der Waals surface area contributed by atoms with Crippen molar-refractivity contribution in [1.29, 1.82) is 0 Å². The van der Waals surface area contributed by atoms with Crippen molar-refractivity contribution in [3.63, 3.8) is 0 Å². The van der Waals surface area contributed by atoms with E-state index in [1.807, 2.05) is 11.6 Å². The number of hydrogen-bond acceptors (Lipinski definition) is 2. The molecule has 0 N–H and O–H groups in total. The van der Waals surface area contributed by atoms with Gasteiger partial charge in [-0.15, -0.1) is 0 Å². The van der Waals surface area contributed by atoms with Crippen LogP contribution in [0, 0.1) is 20.8 Å². The third kappa shape index (κ3) is 3.48. The quantitative estimate of drug-likeness (QED) is 0.626. The van der Waals surface area contributed by atoms with Gasteiger partial charge in [-0.2, -0.15) is 0 Å². The van der Waals surface area contributed by atoms with Crippen molar-refractivity contribution in [3.05, 3.63) is 52.9 Å². The molecule has 3 heteroatoms. The maximum Gasteiger partial charge on any atom is 0.330 e. The maximum atomic E-state index is 11.4. The number of esters is 1. The van der Waals surface area contributed by atoms with E-state index in [0.717, 1.165) is 5.69 Å². The lowest BCUT2D eigenvalue weighted by Crippen LogP contribution is -1.99. The number of benzene rings is 1. The molecule has 1 aromatic heterocycles. The monoisotopic (exact) mass is 297 g/mol. The summed E-state index contributed by atoms with van der Waals surface area (Å²) in [5.74, 6) is -0.312. The number of carbonyl (C=O) groups excluding carboxylic acids is 1. The van der Waals surface area contributed by atoms with Gasteiger partial charge in [-0.05, 0) is 56.5 Å². The molecule has 0 amide bonds. The summed E-state index contributed by atoms with van der Waals surface area (Å²) in [6.45, 7) is 8.58. The molecule has 0 atom stereocenters. The number of ether oxygens (including phenoxy) is 1. The number of nitrogens with zero attached hydrogens (tertiary/aromatic N) is 1. The minimum atomic E-state index is -0.312. The Bertz CT molecular complexity index is 700. The van der Waals surface area contributed by atoms with Crippen LogP contribution in [0.5, 0.6) is 0 Å². The summed E-state index contributed by atoms with van der Waals surface area (Å²) < 4.78 is 6.93. The molecule has 0 bridgehead atoms. The molecule has 0 aliphatic carbocycles. The van der Waals surface area contributed by atoms with E-state index in [4.69, 9.17) is 4.74 Å². The van der Waals surface area contributed by atoms with Gasteiger partial charge in [0.25, 0.3) is 0 Å². The van der Waals surface area contributed by atoms with Gasteiger partial charge in [-0.1, -0.05) is 17.7 Å². The highest BCUT2D eigenvalue weighted by Gasteiger charge is 2.10. The van der Waals surface area contributed by atoms with E-state index in [2.05, 4.69) is 45.2 Å². The Labute approximate surface area is 132 Å². The average Bonchev–Trinajstić information content (AvgIpc) is 2.76. The van der Waals surface area contributed by atoms with E-state index in [1.54, 1.807) is 13.0 Å². The van der Waals surface area contributed by atoms with Crippen molar-refractivity contribution < 1.29 is 9.53 Å². The van der Waals surface area contributed by atoms with Gasteiger partial charge in [0.2, 0.25) is 0 Å². The fraction of sp³-hybridized carbons (Fsp3) is 0.316. The lowest BCUT2D eigenvalue weighted by atomic mass is 9.95. The molecular weight excluding hydrogens is 274 g/mol. The maximum absolute atomic E-state index is 11.4. The second-order valence-electron chi connectivity index (χ2n) is 5.62. The van der Waals surface area contributed by atoms with Crippen LogP contribution in [0.4, 0.5) is 0 Å².